The van der Waals surface area contributed by atoms with Crippen LogP contribution in [0.25, 0.3) is 11.0 Å². The van der Waals surface area contributed by atoms with Gasteiger partial charge in [-0.2, -0.15) is 0 Å². The number of aromatic amines is 1. The molecule has 0 spiro atoms. The highest BCUT2D eigenvalue weighted by molar-refractivity contribution is 5.93. The topological polar surface area (TPSA) is 64.1 Å². The van der Waals surface area contributed by atoms with Crippen LogP contribution in [0.1, 0.15) is 30.1 Å². The van der Waals surface area contributed by atoms with Crippen LogP contribution in [-0.4, -0.2) is 22.6 Å². The summed E-state index contributed by atoms with van der Waals surface area (Å²) in [7, 11) is 1.34. The second kappa shape index (κ2) is 5.08. The van der Waals surface area contributed by atoms with Gasteiger partial charge in [0.1, 0.15) is 0 Å². The lowest BCUT2D eigenvalue weighted by Gasteiger charge is -2.02. The fourth-order valence-corrected chi connectivity index (χ4v) is 1.95. The highest BCUT2D eigenvalue weighted by atomic mass is 16.5. The molecule has 1 aromatic carbocycles. The number of ether oxygens (including phenoxy) is 1. The molecule has 18 heavy (non-hydrogen) atoms. The van der Waals surface area contributed by atoms with Gasteiger partial charge in [0.05, 0.1) is 23.7 Å². The van der Waals surface area contributed by atoms with E-state index >= 15 is 0 Å². The molecule has 1 heterocycles. The molecule has 0 saturated carbocycles. The van der Waals surface area contributed by atoms with Crippen molar-refractivity contribution in [3.8, 4) is 0 Å². The third-order valence-electron chi connectivity index (χ3n) is 2.93. The van der Waals surface area contributed by atoms with Crippen LogP contribution >= 0.6 is 0 Å². The smallest absolute Gasteiger partial charge is 0.337 e. The highest BCUT2D eigenvalue weighted by Gasteiger charge is 2.10. The number of rotatable bonds is 4. The van der Waals surface area contributed by atoms with E-state index in [-0.39, 0.29) is 5.69 Å². The molecule has 2 rings (SSSR count). The highest BCUT2D eigenvalue weighted by Crippen LogP contribution is 2.14. The summed E-state index contributed by atoms with van der Waals surface area (Å²) in [6, 6.07) is 5.09. The van der Waals surface area contributed by atoms with Gasteiger partial charge in [-0.1, -0.05) is 13.3 Å². The van der Waals surface area contributed by atoms with E-state index in [1.165, 1.54) is 7.11 Å². The van der Waals surface area contributed by atoms with Gasteiger partial charge < -0.3 is 9.72 Å². The number of nitrogens with one attached hydrogen (secondary N) is 1. The summed E-state index contributed by atoms with van der Waals surface area (Å²) in [6.45, 7) is 2.77. The van der Waals surface area contributed by atoms with Crippen LogP contribution < -0.4 is 5.69 Å². The average molecular weight is 248 g/mol. The largest absolute Gasteiger partial charge is 0.465 e. The number of imidazole rings is 1. The molecule has 0 atom stereocenters. The number of unbranched alkanes of at least 4 members (excludes halogenated alkanes) is 1. The molecule has 5 nitrogen and oxygen atoms in total. The van der Waals surface area contributed by atoms with Crippen molar-refractivity contribution < 1.29 is 9.53 Å². The molecule has 0 fully saturated rings. The van der Waals surface area contributed by atoms with Crippen molar-refractivity contribution in [2.24, 2.45) is 0 Å². The van der Waals surface area contributed by atoms with Gasteiger partial charge in [0.25, 0.3) is 0 Å². The lowest BCUT2D eigenvalue weighted by Crippen LogP contribution is -2.16. The Morgan fingerprint density at radius 2 is 2.22 bits per heavy atom. The lowest BCUT2D eigenvalue weighted by atomic mass is 10.2. The SMILES string of the molecule is CCCCn1c(=O)[nH]c2cc(C(=O)OC)ccc21. The number of aromatic nitrogens is 2. The molecule has 0 radical (unpaired) electrons. The normalized spacial score (nSPS) is 10.8. The zero-order valence-corrected chi connectivity index (χ0v) is 10.5. The zero-order valence-electron chi connectivity index (χ0n) is 10.5. The Morgan fingerprint density at radius 1 is 1.44 bits per heavy atom. The van der Waals surface area contributed by atoms with Crippen molar-refractivity contribution in [2.75, 3.05) is 7.11 Å². The Balaban J connectivity index is 2.47. The number of benzene rings is 1. The fourth-order valence-electron chi connectivity index (χ4n) is 1.95. The number of carbonyl (C=O) groups excluding carboxylic acids is 1. The van der Waals surface area contributed by atoms with Gasteiger partial charge in [-0.3, -0.25) is 4.57 Å². The Hall–Kier alpha value is -2.04. The van der Waals surface area contributed by atoms with E-state index in [0.717, 1.165) is 18.4 Å². The molecule has 5 heteroatoms. The number of hydrogen-bond acceptors (Lipinski definition) is 3. The van der Waals surface area contributed by atoms with Gasteiger partial charge in [-0.05, 0) is 24.6 Å². The van der Waals surface area contributed by atoms with Gasteiger partial charge in [-0.15, -0.1) is 0 Å². The summed E-state index contributed by atoms with van der Waals surface area (Å²) in [5, 5.41) is 0. The predicted molar refractivity (Wildman–Crippen MR) is 68.8 cm³/mol. The summed E-state index contributed by atoms with van der Waals surface area (Å²) < 4.78 is 6.34. The fraction of sp³-hybridized carbons (Fsp3) is 0.385. The minimum Gasteiger partial charge on any atom is -0.465 e. The van der Waals surface area contributed by atoms with E-state index in [2.05, 4.69) is 16.6 Å². The van der Waals surface area contributed by atoms with Crippen molar-refractivity contribution in [3.05, 3.63) is 34.2 Å². The van der Waals surface area contributed by atoms with Crippen LogP contribution in [0.2, 0.25) is 0 Å². The Bertz CT molecular complexity index is 625. The number of H-pyrrole nitrogens is 1. The summed E-state index contributed by atoms with van der Waals surface area (Å²) in [5.41, 5.74) is 1.79. The van der Waals surface area contributed by atoms with Crippen LogP contribution in [-0.2, 0) is 11.3 Å². The maximum Gasteiger partial charge on any atom is 0.337 e. The number of fused-ring (bicyclic) bond motifs is 1. The first-order valence-electron chi connectivity index (χ1n) is 5.98. The summed E-state index contributed by atoms with van der Waals surface area (Å²) in [4.78, 5) is 25.9. The maximum absolute atomic E-state index is 11.8. The van der Waals surface area contributed by atoms with E-state index < -0.39 is 5.97 Å². The van der Waals surface area contributed by atoms with Gasteiger partial charge in [-0.25, -0.2) is 9.59 Å². The lowest BCUT2D eigenvalue weighted by molar-refractivity contribution is 0.0601. The first-order chi connectivity index (χ1) is 8.67. The predicted octanol–water partition coefficient (Wildman–Crippen LogP) is 1.92. The molecule has 1 aromatic heterocycles. The Morgan fingerprint density at radius 3 is 2.89 bits per heavy atom. The third kappa shape index (κ3) is 2.16. The second-order valence-corrected chi connectivity index (χ2v) is 4.16. The van der Waals surface area contributed by atoms with E-state index in [1.807, 2.05) is 0 Å². The molecular weight excluding hydrogens is 232 g/mol. The monoisotopic (exact) mass is 248 g/mol. The van der Waals surface area contributed by atoms with Gasteiger partial charge in [0.15, 0.2) is 0 Å². The first kappa shape index (κ1) is 12.4. The molecule has 0 aliphatic heterocycles. The number of methoxy groups -OCH3 is 1. The van der Waals surface area contributed by atoms with Crippen molar-refractivity contribution in [1.82, 2.24) is 9.55 Å². The van der Waals surface area contributed by atoms with Crippen molar-refractivity contribution in [2.45, 2.75) is 26.3 Å². The Labute approximate surface area is 104 Å². The molecule has 0 bridgehead atoms. The summed E-state index contributed by atoms with van der Waals surface area (Å²) in [6.07, 6.45) is 1.98. The van der Waals surface area contributed by atoms with Crippen molar-refractivity contribution in [3.63, 3.8) is 0 Å². The summed E-state index contributed by atoms with van der Waals surface area (Å²) in [5.74, 6) is -0.404. The first-order valence-corrected chi connectivity index (χ1v) is 5.98. The second-order valence-electron chi connectivity index (χ2n) is 4.16. The van der Waals surface area contributed by atoms with E-state index in [1.54, 1.807) is 22.8 Å². The molecule has 2 aromatic rings. The van der Waals surface area contributed by atoms with Crippen LogP contribution in [0.3, 0.4) is 0 Å². The Kier molecular flexibility index (Phi) is 3.50. The van der Waals surface area contributed by atoms with Gasteiger partial charge in [0.2, 0.25) is 0 Å². The number of aryl methyl sites for hydroxylation is 1. The van der Waals surface area contributed by atoms with Crippen LogP contribution in [0.5, 0.6) is 0 Å². The van der Waals surface area contributed by atoms with Crippen molar-refractivity contribution in [1.29, 1.82) is 0 Å². The van der Waals surface area contributed by atoms with Gasteiger partial charge in [0, 0.05) is 6.54 Å². The van der Waals surface area contributed by atoms with Crippen LogP contribution in [0.4, 0.5) is 0 Å². The molecule has 0 saturated heterocycles. The average Bonchev–Trinajstić information content (AvgIpc) is 2.70. The molecular formula is C13H16N2O3. The van der Waals surface area contributed by atoms with Gasteiger partial charge >= 0.3 is 11.7 Å². The number of nitrogens with zero attached hydrogens (tertiary/aromatic N) is 1. The zero-order chi connectivity index (χ0) is 13.1. The standard InChI is InChI=1S/C13H16N2O3/c1-3-4-7-15-11-6-5-9(12(16)18-2)8-10(11)14-13(15)17/h5-6,8H,3-4,7H2,1-2H3,(H,14,17). The minimum absolute atomic E-state index is 0.138. The molecule has 0 aliphatic rings. The van der Waals surface area contributed by atoms with E-state index in [0.29, 0.717) is 17.6 Å². The quantitative estimate of drug-likeness (QED) is 0.841. The van der Waals surface area contributed by atoms with E-state index in [4.69, 9.17) is 0 Å². The number of esters is 1. The maximum atomic E-state index is 11.8. The van der Waals surface area contributed by atoms with Crippen molar-refractivity contribution >= 4 is 17.0 Å². The molecule has 0 unspecified atom stereocenters. The van der Waals surface area contributed by atoms with Crippen LogP contribution in [0.15, 0.2) is 23.0 Å². The van der Waals surface area contributed by atoms with Crippen LogP contribution in [0, 0.1) is 0 Å². The molecule has 1 N–H and O–H groups in total. The minimum atomic E-state index is -0.404. The molecule has 0 aliphatic carbocycles. The number of carbonyl (C=O) groups is 1. The number of hydrogen-bond donors (Lipinski definition) is 1. The molecule has 96 valence electrons. The third-order valence-corrected chi connectivity index (χ3v) is 2.93. The molecule has 0 amide bonds. The summed E-state index contributed by atoms with van der Waals surface area (Å²) >= 11 is 0. The van der Waals surface area contributed by atoms with E-state index in [9.17, 15) is 9.59 Å².